The summed E-state index contributed by atoms with van der Waals surface area (Å²) in [5.41, 5.74) is 4.19. The van der Waals surface area contributed by atoms with E-state index in [1.807, 2.05) is 48.5 Å². The smallest absolute Gasteiger partial charge is 0.406 e. The molecule has 1 fully saturated rings. The van der Waals surface area contributed by atoms with Crippen molar-refractivity contribution in [1.29, 1.82) is 0 Å². The van der Waals surface area contributed by atoms with Crippen molar-refractivity contribution in [2.24, 2.45) is 4.99 Å². The van der Waals surface area contributed by atoms with Crippen molar-refractivity contribution >= 4 is 34.6 Å². The van der Waals surface area contributed by atoms with Crippen molar-refractivity contribution < 1.29 is 27.5 Å². The number of ether oxygens (including phenoxy) is 1. The van der Waals surface area contributed by atoms with Crippen molar-refractivity contribution in [3.63, 3.8) is 0 Å². The molecule has 44 heavy (non-hydrogen) atoms. The average Bonchev–Trinajstić information content (AvgIpc) is 3.63. The lowest BCUT2D eigenvalue weighted by molar-refractivity contribution is -0.274. The van der Waals surface area contributed by atoms with Crippen LogP contribution in [0.1, 0.15) is 30.9 Å². The number of hydrogen-bond acceptors (Lipinski definition) is 6. The van der Waals surface area contributed by atoms with E-state index in [1.165, 1.54) is 51.9 Å². The zero-order valence-corrected chi connectivity index (χ0v) is 24.6. The molecule has 0 unspecified atom stereocenters. The first kappa shape index (κ1) is 30.8. The van der Waals surface area contributed by atoms with E-state index >= 15 is 0 Å². The molecule has 2 heterocycles. The van der Waals surface area contributed by atoms with Crippen molar-refractivity contribution in [2.45, 2.75) is 39.0 Å². The molecule has 0 aliphatic carbocycles. The third-order valence-corrected chi connectivity index (χ3v) is 7.60. The van der Waals surface area contributed by atoms with E-state index in [-0.39, 0.29) is 17.4 Å². The van der Waals surface area contributed by atoms with Gasteiger partial charge < -0.3 is 10.1 Å². The molecule has 1 aliphatic rings. The van der Waals surface area contributed by atoms with Crippen LogP contribution in [0.15, 0.2) is 84.1 Å². The molecule has 1 aromatic heterocycles. The van der Waals surface area contributed by atoms with E-state index in [0.717, 1.165) is 41.6 Å². The summed E-state index contributed by atoms with van der Waals surface area (Å²) in [6.07, 6.45) is -0.0998. The lowest BCUT2D eigenvalue weighted by Gasteiger charge is -2.19. The van der Waals surface area contributed by atoms with Crippen molar-refractivity contribution in [1.82, 2.24) is 20.1 Å². The number of aliphatic imine (C=N–C) groups is 1. The Kier molecular flexibility index (Phi) is 9.63. The van der Waals surface area contributed by atoms with Gasteiger partial charge in [0.15, 0.2) is 11.0 Å². The first-order valence-electron chi connectivity index (χ1n) is 14.0. The molecule has 0 bridgehead atoms. The number of hydrogen-bond donors (Lipinski definition) is 1. The fraction of sp³-hybridized carbons (Fsp3) is 0.258. The van der Waals surface area contributed by atoms with Gasteiger partial charge in [-0.25, -0.2) is 14.5 Å². The summed E-state index contributed by atoms with van der Waals surface area (Å²) in [6.45, 7) is 2.50. The Morgan fingerprint density at radius 1 is 1.05 bits per heavy atom. The second-order valence-corrected chi connectivity index (χ2v) is 10.8. The second kappa shape index (κ2) is 13.8. The number of carbonyl (C=O) groups is 2. The largest absolute Gasteiger partial charge is 0.573 e. The van der Waals surface area contributed by atoms with E-state index in [4.69, 9.17) is 0 Å². The van der Waals surface area contributed by atoms with Gasteiger partial charge >= 0.3 is 12.4 Å². The summed E-state index contributed by atoms with van der Waals surface area (Å²) in [6, 6.07) is 20.2. The molecule has 228 valence electrons. The Hall–Kier alpha value is -4.65. The highest BCUT2D eigenvalue weighted by Crippen LogP contribution is 2.30. The molecular weight excluding hydrogens is 593 g/mol. The summed E-state index contributed by atoms with van der Waals surface area (Å²) in [5, 5.41) is 7.62. The van der Waals surface area contributed by atoms with Crippen molar-refractivity contribution in [3.8, 4) is 22.8 Å². The van der Waals surface area contributed by atoms with Gasteiger partial charge in [-0.15, -0.1) is 18.3 Å². The molecule has 0 radical (unpaired) electrons. The number of carbonyl (C=O) groups excluding carboxylic acids is 2. The van der Waals surface area contributed by atoms with Crippen LogP contribution in [0.5, 0.6) is 5.75 Å². The van der Waals surface area contributed by atoms with Crippen LogP contribution in [0.3, 0.4) is 0 Å². The van der Waals surface area contributed by atoms with Crippen LogP contribution in [0, 0.1) is 0 Å². The lowest BCUT2D eigenvalue weighted by atomic mass is 10.1. The average molecular weight is 623 g/mol. The topological polar surface area (TPSA) is 102 Å². The highest BCUT2D eigenvalue weighted by molar-refractivity contribution is 8.15. The Bertz CT molecular complexity index is 1640. The second-order valence-electron chi connectivity index (χ2n) is 9.88. The number of anilines is 1. The van der Waals surface area contributed by atoms with E-state index in [2.05, 4.69) is 32.1 Å². The molecule has 3 aromatic carbocycles. The summed E-state index contributed by atoms with van der Waals surface area (Å²) < 4.78 is 42.5. The maximum Gasteiger partial charge on any atom is 0.573 e. The third-order valence-electron chi connectivity index (χ3n) is 6.67. The predicted molar refractivity (Wildman–Crippen MR) is 163 cm³/mol. The Labute approximate surface area is 256 Å². The minimum Gasteiger partial charge on any atom is -0.406 e. The monoisotopic (exact) mass is 622 g/mol. The van der Waals surface area contributed by atoms with Crippen LogP contribution in [0.25, 0.3) is 17.1 Å². The number of para-hydroxylation sites is 1. The molecule has 4 aromatic rings. The van der Waals surface area contributed by atoms with Crippen molar-refractivity contribution in [2.75, 3.05) is 17.2 Å². The van der Waals surface area contributed by atoms with Gasteiger partial charge in [0.2, 0.25) is 5.91 Å². The van der Waals surface area contributed by atoms with Gasteiger partial charge in [-0.05, 0) is 60.7 Å². The molecule has 9 nitrogen and oxygen atoms in total. The number of nitrogens with zero attached hydrogens (tertiary/aromatic N) is 5. The van der Waals surface area contributed by atoms with Crippen LogP contribution >= 0.6 is 11.8 Å². The maximum absolute atomic E-state index is 12.6. The first-order chi connectivity index (χ1) is 21.2. The van der Waals surface area contributed by atoms with Crippen molar-refractivity contribution in [3.05, 3.63) is 90.3 Å². The number of urea groups is 1. The molecule has 1 saturated heterocycles. The highest BCUT2D eigenvalue weighted by atomic mass is 32.2. The van der Waals surface area contributed by atoms with Gasteiger partial charge in [-0.2, -0.15) is 4.99 Å². The van der Waals surface area contributed by atoms with Gasteiger partial charge in [-0.1, -0.05) is 67.6 Å². The Morgan fingerprint density at radius 2 is 1.80 bits per heavy atom. The minimum absolute atomic E-state index is 0.0934. The molecule has 5 rings (SSSR count). The molecule has 0 spiro atoms. The minimum atomic E-state index is -4.75. The fourth-order valence-corrected chi connectivity index (χ4v) is 5.50. The number of aromatic nitrogens is 3. The molecule has 1 aliphatic heterocycles. The van der Waals surface area contributed by atoms with Crippen LogP contribution in [0.2, 0.25) is 0 Å². The molecule has 13 heteroatoms. The number of halogens is 3. The van der Waals surface area contributed by atoms with Gasteiger partial charge in [0, 0.05) is 12.1 Å². The first-order valence-corrected chi connectivity index (χ1v) is 15.0. The van der Waals surface area contributed by atoms with Gasteiger partial charge in [0.25, 0.3) is 0 Å². The van der Waals surface area contributed by atoms with Gasteiger partial charge in [0.1, 0.15) is 12.1 Å². The normalized spacial score (nSPS) is 14.3. The van der Waals surface area contributed by atoms with E-state index in [0.29, 0.717) is 29.6 Å². The van der Waals surface area contributed by atoms with Crippen LogP contribution in [-0.2, 0) is 17.6 Å². The lowest BCUT2D eigenvalue weighted by Crippen LogP contribution is -2.32. The molecular formula is C31H29F3N6O3S. The number of alkyl halides is 3. The number of amidine groups is 1. The van der Waals surface area contributed by atoms with Crippen LogP contribution < -0.4 is 15.0 Å². The number of benzene rings is 3. The van der Waals surface area contributed by atoms with E-state index in [1.54, 1.807) is 0 Å². The standard InChI is InChI=1S/C31H29F3N6O3S/c1-2-6-22-8-3-4-9-26(22)40-27(41)19-44-30(40)37-29(42)35-18-5-7-21-10-12-23(13-11-21)28-36-20-39(38-28)24-14-16-25(17-15-24)43-31(32,33)34/h3-4,8-17,20H,2,5-7,18-19H2,1H3,(H,35,42)/b37-30-. The Morgan fingerprint density at radius 3 is 2.52 bits per heavy atom. The third kappa shape index (κ3) is 7.84. The number of rotatable bonds is 10. The van der Waals surface area contributed by atoms with E-state index in [9.17, 15) is 22.8 Å². The summed E-state index contributed by atoms with van der Waals surface area (Å²) in [5.74, 6) is 0.300. The Balaban J connectivity index is 1.12. The molecule has 3 amide bonds. The van der Waals surface area contributed by atoms with E-state index < -0.39 is 12.4 Å². The summed E-state index contributed by atoms with van der Waals surface area (Å²) >= 11 is 1.26. The van der Waals surface area contributed by atoms with Gasteiger partial charge in [0.05, 0.1) is 17.1 Å². The quantitative estimate of drug-likeness (QED) is 0.201. The molecule has 1 N–H and O–H groups in total. The number of nitrogens with one attached hydrogen (secondary N) is 1. The SMILES string of the molecule is CCCc1ccccc1N1C(=O)CS/C1=N\C(=O)NCCCc1ccc(-c2ncn(-c3ccc(OC(F)(F)F)cc3)n2)cc1. The molecule has 0 atom stereocenters. The summed E-state index contributed by atoms with van der Waals surface area (Å²) in [7, 11) is 0. The maximum atomic E-state index is 12.6. The van der Waals surface area contributed by atoms with Crippen LogP contribution in [0.4, 0.5) is 23.7 Å². The fourth-order valence-electron chi connectivity index (χ4n) is 4.65. The number of aryl methyl sites for hydroxylation is 2. The number of thioether (sulfide) groups is 1. The van der Waals surface area contributed by atoms with Gasteiger partial charge in [-0.3, -0.25) is 9.69 Å². The predicted octanol–water partition coefficient (Wildman–Crippen LogP) is 6.56. The highest BCUT2D eigenvalue weighted by Gasteiger charge is 2.32. The zero-order chi connectivity index (χ0) is 31.1. The molecule has 0 saturated carbocycles. The van der Waals surface area contributed by atoms with Crippen LogP contribution in [-0.4, -0.2) is 50.5 Å². The zero-order valence-electron chi connectivity index (χ0n) is 23.8. The number of amides is 3. The summed E-state index contributed by atoms with van der Waals surface area (Å²) in [4.78, 5) is 35.2.